The molecule has 122 valence electrons. The number of para-hydroxylation sites is 1. The monoisotopic (exact) mass is 312 g/mol. The molecular formula is C18H24N4O. The fourth-order valence-electron chi connectivity index (χ4n) is 3.26. The number of benzene rings is 1. The van der Waals surface area contributed by atoms with Crippen molar-refractivity contribution in [3.05, 3.63) is 48.3 Å². The number of hydrogen-bond acceptors (Lipinski definition) is 3. The van der Waals surface area contributed by atoms with Crippen molar-refractivity contribution >= 4 is 5.91 Å². The molecule has 23 heavy (non-hydrogen) atoms. The Labute approximate surface area is 136 Å². The lowest BCUT2D eigenvalue weighted by molar-refractivity contribution is -0.122. The zero-order chi connectivity index (χ0) is 16.1. The van der Waals surface area contributed by atoms with Gasteiger partial charge in [0.05, 0.1) is 17.4 Å². The molecule has 0 spiro atoms. The van der Waals surface area contributed by atoms with Crippen LogP contribution in [-0.4, -0.2) is 27.8 Å². The van der Waals surface area contributed by atoms with Crippen LogP contribution in [0.1, 0.15) is 37.7 Å². The highest BCUT2D eigenvalue weighted by atomic mass is 16.1. The van der Waals surface area contributed by atoms with Gasteiger partial charge in [0.1, 0.15) is 0 Å². The molecule has 1 aliphatic carbocycles. The summed E-state index contributed by atoms with van der Waals surface area (Å²) in [7, 11) is 0. The van der Waals surface area contributed by atoms with Crippen molar-refractivity contribution < 1.29 is 4.79 Å². The van der Waals surface area contributed by atoms with Gasteiger partial charge in [0.25, 0.3) is 0 Å². The summed E-state index contributed by atoms with van der Waals surface area (Å²) in [4.78, 5) is 12.2. The number of hydrogen-bond donors (Lipinski definition) is 2. The van der Waals surface area contributed by atoms with Gasteiger partial charge in [-0.05, 0) is 37.0 Å². The van der Waals surface area contributed by atoms with Gasteiger partial charge in [0.2, 0.25) is 5.91 Å². The van der Waals surface area contributed by atoms with Gasteiger partial charge in [-0.2, -0.15) is 5.10 Å². The number of carbonyl (C=O) groups excluding carboxylic acids is 1. The molecule has 0 bridgehead atoms. The molecule has 3 N–H and O–H groups in total. The van der Waals surface area contributed by atoms with Crippen LogP contribution in [0.25, 0.3) is 5.69 Å². The van der Waals surface area contributed by atoms with Crippen LogP contribution in [0.3, 0.4) is 0 Å². The van der Waals surface area contributed by atoms with Crippen LogP contribution in [-0.2, 0) is 11.2 Å². The first-order valence-electron chi connectivity index (χ1n) is 8.31. The van der Waals surface area contributed by atoms with E-state index in [2.05, 4.69) is 10.4 Å². The minimum absolute atomic E-state index is 0.0878. The molecule has 0 radical (unpaired) electrons. The number of amides is 1. The molecule has 0 unspecified atom stereocenters. The second-order valence-electron chi connectivity index (χ2n) is 6.37. The van der Waals surface area contributed by atoms with Crippen LogP contribution in [0, 0.1) is 0 Å². The van der Waals surface area contributed by atoms with Crippen molar-refractivity contribution in [1.82, 2.24) is 15.1 Å². The highest BCUT2D eigenvalue weighted by molar-refractivity contribution is 5.77. The number of carbonyl (C=O) groups is 1. The van der Waals surface area contributed by atoms with E-state index < -0.39 is 0 Å². The molecule has 0 atom stereocenters. The Bertz CT molecular complexity index is 644. The normalized spacial score (nSPS) is 16.4. The van der Waals surface area contributed by atoms with E-state index in [0.717, 1.165) is 36.9 Å². The van der Waals surface area contributed by atoms with E-state index in [0.29, 0.717) is 19.4 Å². The van der Waals surface area contributed by atoms with Crippen LogP contribution in [0.2, 0.25) is 0 Å². The predicted octanol–water partition coefficient (Wildman–Crippen LogP) is 2.19. The second-order valence-corrected chi connectivity index (χ2v) is 6.37. The Morgan fingerprint density at radius 2 is 2.00 bits per heavy atom. The van der Waals surface area contributed by atoms with Gasteiger partial charge in [0, 0.05) is 19.2 Å². The van der Waals surface area contributed by atoms with Crippen LogP contribution in [0.4, 0.5) is 0 Å². The molecule has 0 saturated heterocycles. The second kappa shape index (κ2) is 6.96. The fourth-order valence-corrected chi connectivity index (χ4v) is 3.26. The Hall–Kier alpha value is -2.14. The Kier molecular flexibility index (Phi) is 4.76. The van der Waals surface area contributed by atoms with Crippen molar-refractivity contribution in [2.24, 2.45) is 5.73 Å². The summed E-state index contributed by atoms with van der Waals surface area (Å²) in [5.74, 6) is 0.0878. The number of nitrogens with zero attached hydrogens (tertiary/aromatic N) is 2. The van der Waals surface area contributed by atoms with Gasteiger partial charge in [0.15, 0.2) is 0 Å². The van der Waals surface area contributed by atoms with Crippen LogP contribution < -0.4 is 11.1 Å². The molecule has 5 nitrogen and oxygen atoms in total. The van der Waals surface area contributed by atoms with E-state index >= 15 is 0 Å². The largest absolute Gasteiger partial charge is 0.349 e. The van der Waals surface area contributed by atoms with Crippen molar-refractivity contribution in [3.8, 4) is 5.69 Å². The van der Waals surface area contributed by atoms with Crippen LogP contribution in [0.5, 0.6) is 0 Å². The molecule has 5 heteroatoms. The fraction of sp³-hybridized carbons (Fsp3) is 0.444. The number of nitrogens with one attached hydrogen (secondary N) is 1. The average Bonchev–Trinajstić information content (AvgIpc) is 3.24. The summed E-state index contributed by atoms with van der Waals surface area (Å²) >= 11 is 0. The van der Waals surface area contributed by atoms with Crippen LogP contribution in [0.15, 0.2) is 42.7 Å². The first-order chi connectivity index (χ1) is 11.2. The Morgan fingerprint density at radius 1 is 1.26 bits per heavy atom. The maximum atomic E-state index is 12.2. The summed E-state index contributed by atoms with van der Waals surface area (Å²) < 4.78 is 1.84. The molecular weight excluding hydrogens is 288 g/mol. The standard InChI is InChI=1S/C18H24N4O/c19-14-18(10-4-5-11-18)21-17(23)9-8-15-12-20-22(13-15)16-6-2-1-3-7-16/h1-3,6-7,12-13H,4-5,8-11,14,19H2,(H,21,23). The average molecular weight is 312 g/mol. The van der Waals surface area contributed by atoms with E-state index in [1.807, 2.05) is 47.4 Å². The highest BCUT2D eigenvalue weighted by Gasteiger charge is 2.33. The van der Waals surface area contributed by atoms with Gasteiger partial charge in [-0.25, -0.2) is 4.68 Å². The van der Waals surface area contributed by atoms with E-state index in [1.54, 1.807) is 0 Å². The lowest BCUT2D eigenvalue weighted by Gasteiger charge is -2.28. The molecule has 1 aromatic carbocycles. The first-order valence-corrected chi connectivity index (χ1v) is 8.31. The summed E-state index contributed by atoms with van der Waals surface area (Å²) in [5, 5.41) is 7.52. The molecule has 1 fully saturated rings. The molecule has 1 aliphatic rings. The number of nitrogens with two attached hydrogens (primary N) is 1. The number of aryl methyl sites for hydroxylation is 1. The number of aromatic nitrogens is 2. The third-order valence-corrected chi connectivity index (χ3v) is 4.65. The van der Waals surface area contributed by atoms with Crippen molar-refractivity contribution in [2.75, 3.05) is 6.54 Å². The third-order valence-electron chi connectivity index (χ3n) is 4.65. The predicted molar refractivity (Wildman–Crippen MR) is 90.3 cm³/mol. The van der Waals surface area contributed by atoms with Gasteiger partial charge in [-0.1, -0.05) is 31.0 Å². The van der Waals surface area contributed by atoms with E-state index in [4.69, 9.17) is 5.73 Å². The minimum Gasteiger partial charge on any atom is -0.349 e. The van der Waals surface area contributed by atoms with Crippen molar-refractivity contribution in [2.45, 2.75) is 44.1 Å². The lowest BCUT2D eigenvalue weighted by atomic mass is 9.97. The van der Waals surface area contributed by atoms with E-state index in [-0.39, 0.29) is 11.4 Å². The quantitative estimate of drug-likeness (QED) is 0.859. The van der Waals surface area contributed by atoms with Crippen LogP contribution >= 0.6 is 0 Å². The molecule has 1 amide bonds. The summed E-state index contributed by atoms with van der Waals surface area (Å²) in [6.07, 6.45) is 9.29. The molecule has 1 saturated carbocycles. The molecule has 1 aromatic heterocycles. The first kappa shape index (κ1) is 15.7. The summed E-state index contributed by atoms with van der Waals surface area (Å²) in [6, 6.07) is 9.97. The van der Waals surface area contributed by atoms with Gasteiger partial charge in [-0.3, -0.25) is 4.79 Å². The van der Waals surface area contributed by atoms with Gasteiger partial charge >= 0.3 is 0 Å². The highest BCUT2D eigenvalue weighted by Crippen LogP contribution is 2.28. The van der Waals surface area contributed by atoms with E-state index in [9.17, 15) is 4.79 Å². The summed E-state index contributed by atoms with van der Waals surface area (Å²) in [5.41, 5.74) is 7.79. The van der Waals surface area contributed by atoms with E-state index in [1.165, 1.54) is 0 Å². The summed E-state index contributed by atoms with van der Waals surface area (Å²) in [6.45, 7) is 0.532. The maximum Gasteiger partial charge on any atom is 0.220 e. The lowest BCUT2D eigenvalue weighted by Crippen LogP contribution is -2.51. The zero-order valence-electron chi connectivity index (χ0n) is 13.4. The molecule has 3 rings (SSSR count). The smallest absolute Gasteiger partial charge is 0.220 e. The minimum atomic E-state index is -0.161. The molecule has 1 heterocycles. The van der Waals surface area contributed by atoms with Gasteiger partial charge in [-0.15, -0.1) is 0 Å². The van der Waals surface area contributed by atoms with Crippen molar-refractivity contribution in [3.63, 3.8) is 0 Å². The zero-order valence-corrected chi connectivity index (χ0v) is 13.4. The molecule has 0 aliphatic heterocycles. The third kappa shape index (κ3) is 3.79. The Balaban J connectivity index is 1.54. The Morgan fingerprint density at radius 3 is 2.70 bits per heavy atom. The van der Waals surface area contributed by atoms with Crippen molar-refractivity contribution in [1.29, 1.82) is 0 Å². The molecule has 2 aromatic rings. The maximum absolute atomic E-state index is 12.2. The SMILES string of the molecule is NCC1(NC(=O)CCc2cnn(-c3ccccc3)c2)CCCC1. The topological polar surface area (TPSA) is 72.9 Å². The number of rotatable bonds is 6. The van der Waals surface area contributed by atoms with Gasteiger partial charge < -0.3 is 11.1 Å².